The molecule has 0 fully saturated rings. The molecule has 0 amide bonds. The van der Waals surface area contributed by atoms with E-state index in [1.807, 2.05) is 31.2 Å². The molecule has 0 heterocycles. The van der Waals surface area contributed by atoms with E-state index in [9.17, 15) is 9.59 Å². The number of Topliss-reactive ketones (excluding diaryl/α,β-unsaturated/α-hetero) is 2. The lowest BCUT2D eigenvalue weighted by atomic mass is 10.0. The van der Waals surface area contributed by atoms with Gasteiger partial charge in [0.25, 0.3) is 0 Å². The Morgan fingerprint density at radius 2 is 1.67 bits per heavy atom. The number of hydrogen-bond acceptors (Lipinski definition) is 2. The highest BCUT2D eigenvalue weighted by atomic mass is 16.1. The largest absolute Gasteiger partial charge is 0.300 e. The molecule has 0 radical (unpaired) electrons. The van der Waals surface area contributed by atoms with E-state index in [1.54, 1.807) is 0 Å². The van der Waals surface area contributed by atoms with Gasteiger partial charge in [-0.1, -0.05) is 29.8 Å². The zero-order chi connectivity index (χ0) is 11.3. The zero-order valence-electron chi connectivity index (χ0n) is 9.25. The molecule has 1 rings (SSSR count). The minimum absolute atomic E-state index is 0.0762. The Kier molecular flexibility index (Phi) is 4.22. The lowest BCUT2D eigenvalue weighted by Gasteiger charge is -2.00. The molecule has 15 heavy (non-hydrogen) atoms. The molecule has 1 aromatic rings. The molecule has 1 aromatic carbocycles. The Bertz CT molecular complexity index is 349. The molecule has 0 unspecified atom stereocenters. The van der Waals surface area contributed by atoms with Crippen LogP contribution >= 0.6 is 0 Å². The van der Waals surface area contributed by atoms with E-state index in [0.29, 0.717) is 19.3 Å². The summed E-state index contributed by atoms with van der Waals surface area (Å²) in [5.74, 6) is 0.210. The summed E-state index contributed by atoms with van der Waals surface area (Å²) in [5, 5.41) is 0. The van der Waals surface area contributed by atoms with Gasteiger partial charge in [0.2, 0.25) is 0 Å². The predicted molar refractivity (Wildman–Crippen MR) is 59.8 cm³/mol. The lowest BCUT2D eigenvalue weighted by molar-refractivity contribution is -0.122. The minimum atomic E-state index is 0.0762. The highest BCUT2D eigenvalue weighted by Crippen LogP contribution is 2.06. The van der Waals surface area contributed by atoms with Crippen LogP contribution in [-0.4, -0.2) is 11.6 Å². The van der Waals surface area contributed by atoms with Gasteiger partial charge in [0.1, 0.15) is 11.6 Å². The molecule has 2 nitrogen and oxygen atoms in total. The Balaban J connectivity index is 2.44. The second-order valence-electron chi connectivity index (χ2n) is 3.90. The third-order valence-electron chi connectivity index (χ3n) is 2.28. The van der Waals surface area contributed by atoms with Crippen LogP contribution in [0.2, 0.25) is 0 Å². The highest BCUT2D eigenvalue weighted by Gasteiger charge is 2.04. The van der Waals surface area contributed by atoms with E-state index in [2.05, 4.69) is 0 Å². The molecule has 0 N–H and O–H groups in total. The van der Waals surface area contributed by atoms with E-state index in [4.69, 9.17) is 0 Å². The van der Waals surface area contributed by atoms with E-state index < -0.39 is 0 Å². The van der Waals surface area contributed by atoms with Crippen LogP contribution in [0.15, 0.2) is 24.3 Å². The van der Waals surface area contributed by atoms with Crippen LogP contribution in [0.5, 0.6) is 0 Å². The molecular formula is C13H16O2. The van der Waals surface area contributed by atoms with Crippen molar-refractivity contribution in [1.29, 1.82) is 0 Å². The number of hydrogen-bond donors (Lipinski definition) is 0. The van der Waals surface area contributed by atoms with E-state index in [-0.39, 0.29) is 11.6 Å². The topological polar surface area (TPSA) is 34.1 Å². The fraction of sp³-hybridized carbons (Fsp3) is 0.385. The van der Waals surface area contributed by atoms with Gasteiger partial charge in [0.05, 0.1) is 0 Å². The summed E-state index contributed by atoms with van der Waals surface area (Å²) in [4.78, 5) is 22.1. The summed E-state index contributed by atoms with van der Waals surface area (Å²) >= 11 is 0. The third kappa shape index (κ3) is 4.54. The monoisotopic (exact) mass is 204 g/mol. The average molecular weight is 204 g/mol. The van der Waals surface area contributed by atoms with Crippen molar-refractivity contribution in [2.75, 3.05) is 0 Å². The van der Waals surface area contributed by atoms with Crippen LogP contribution in [0.1, 0.15) is 30.9 Å². The highest BCUT2D eigenvalue weighted by molar-refractivity contribution is 5.86. The van der Waals surface area contributed by atoms with Crippen molar-refractivity contribution in [1.82, 2.24) is 0 Å². The first kappa shape index (κ1) is 11.6. The Hall–Kier alpha value is -1.44. The molecule has 0 aliphatic carbocycles. The number of rotatable bonds is 5. The van der Waals surface area contributed by atoms with Gasteiger partial charge in [-0.2, -0.15) is 0 Å². The molecule has 0 aliphatic heterocycles. The van der Waals surface area contributed by atoms with Crippen LogP contribution in [0, 0.1) is 6.92 Å². The Labute approximate surface area is 90.3 Å². The zero-order valence-corrected chi connectivity index (χ0v) is 9.25. The SMILES string of the molecule is CC(=O)CCC(=O)Cc1ccc(C)cc1. The van der Waals surface area contributed by atoms with Crippen molar-refractivity contribution < 1.29 is 9.59 Å². The van der Waals surface area contributed by atoms with Crippen molar-refractivity contribution in [3.63, 3.8) is 0 Å². The lowest BCUT2D eigenvalue weighted by Crippen LogP contribution is -2.04. The van der Waals surface area contributed by atoms with Gasteiger partial charge in [-0.3, -0.25) is 4.79 Å². The molecule has 0 bridgehead atoms. The fourth-order valence-corrected chi connectivity index (χ4v) is 1.34. The molecule has 0 saturated heterocycles. The van der Waals surface area contributed by atoms with Crippen LogP contribution in [0.3, 0.4) is 0 Å². The van der Waals surface area contributed by atoms with Gasteiger partial charge in [-0.05, 0) is 19.4 Å². The van der Waals surface area contributed by atoms with Crippen LogP contribution < -0.4 is 0 Å². The minimum Gasteiger partial charge on any atom is -0.300 e. The smallest absolute Gasteiger partial charge is 0.137 e. The molecule has 0 atom stereocenters. The standard InChI is InChI=1S/C13H16O2/c1-10-3-6-12(7-4-10)9-13(15)8-5-11(2)14/h3-4,6-7H,5,8-9H2,1-2H3. The molecule has 0 saturated carbocycles. The first-order chi connectivity index (χ1) is 7.08. The molecule has 2 heteroatoms. The summed E-state index contributed by atoms with van der Waals surface area (Å²) in [6.45, 7) is 3.53. The normalized spacial score (nSPS) is 10.0. The van der Waals surface area contributed by atoms with Crippen LogP contribution in [0.25, 0.3) is 0 Å². The van der Waals surface area contributed by atoms with Gasteiger partial charge < -0.3 is 4.79 Å². The second kappa shape index (κ2) is 5.44. The average Bonchev–Trinajstić information content (AvgIpc) is 2.19. The first-order valence-corrected chi connectivity index (χ1v) is 5.14. The summed E-state index contributed by atoms with van der Waals surface area (Å²) in [5.41, 5.74) is 2.21. The molecular weight excluding hydrogens is 188 g/mol. The fourth-order valence-electron chi connectivity index (χ4n) is 1.34. The molecule has 0 aromatic heterocycles. The van der Waals surface area contributed by atoms with Gasteiger partial charge >= 0.3 is 0 Å². The van der Waals surface area contributed by atoms with Gasteiger partial charge in [-0.25, -0.2) is 0 Å². The van der Waals surface area contributed by atoms with Gasteiger partial charge in [0.15, 0.2) is 0 Å². The van der Waals surface area contributed by atoms with E-state index in [0.717, 1.165) is 5.56 Å². The number of benzene rings is 1. The molecule has 0 spiro atoms. The quantitative estimate of drug-likeness (QED) is 0.738. The Morgan fingerprint density at radius 3 is 2.20 bits per heavy atom. The van der Waals surface area contributed by atoms with Crippen LogP contribution in [-0.2, 0) is 16.0 Å². The number of carbonyl (C=O) groups is 2. The third-order valence-corrected chi connectivity index (χ3v) is 2.28. The molecule has 80 valence electrons. The maximum atomic E-state index is 11.4. The van der Waals surface area contributed by atoms with E-state index >= 15 is 0 Å². The van der Waals surface area contributed by atoms with Crippen molar-refractivity contribution in [3.05, 3.63) is 35.4 Å². The van der Waals surface area contributed by atoms with Crippen molar-refractivity contribution in [2.24, 2.45) is 0 Å². The molecule has 0 aliphatic rings. The van der Waals surface area contributed by atoms with Crippen LogP contribution in [0.4, 0.5) is 0 Å². The Morgan fingerprint density at radius 1 is 1.07 bits per heavy atom. The maximum Gasteiger partial charge on any atom is 0.137 e. The summed E-state index contributed by atoms with van der Waals surface area (Å²) in [7, 11) is 0. The van der Waals surface area contributed by atoms with Crippen molar-refractivity contribution in [3.8, 4) is 0 Å². The summed E-state index contributed by atoms with van der Waals surface area (Å²) < 4.78 is 0. The van der Waals surface area contributed by atoms with Gasteiger partial charge in [-0.15, -0.1) is 0 Å². The second-order valence-corrected chi connectivity index (χ2v) is 3.90. The number of aryl methyl sites for hydroxylation is 1. The number of ketones is 2. The number of carbonyl (C=O) groups excluding carboxylic acids is 2. The van der Waals surface area contributed by atoms with Crippen molar-refractivity contribution >= 4 is 11.6 Å². The summed E-state index contributed by atoms with van der Waals surface area (Å²) in [6, 6.07) is 7.91. The summed E-state index contributed by atoms with van der Waals surface area (Å²) in [6.07, 6.45) is 1.17. The van der Waals surface area contributed by atoms with Crippen molar-refractivity contribution in [2.45, 2.75) is 33.1 Å². The first-order valence-electron chi connectivity index (χ1n) is 5.14. The van der Waals surface area contributed by atoms with E-state index in [1.165, 1.54) is 12.5 Å². The predicted octanol–water partition coefficient (Wildman–Crippen LogP) is 2.48. The van der Waals surface area contributed by atoms with Gasteiger partial charge in [0, 0.05) is 19.3 Å². The maximum absolute atomic E-state index is 11.4.